The highest BCUT2D eigenvalue weighted by Gasteiger charge is 2.61. The first-order valence-corrected chi connectivity index (χ1v) is 30.1. The minimum atomic E-state index is -0.0361. The van der Waals surface area contributed by atoms with Crippen molar-refractivity contribution in [1.82, 2.24) is 4.90 Å². The lowest BCUT2D eigenvalue weighted by atomic mass is 9.47. The van der Waals surface area contributed by atoms with Crippen LogP contribution in [0.5, 0.6) is 0 Å². The number of hydrogen-bond acceptors (Lipinski definition) is 7. The van der Waals surface area contributed by atoms with Crippen molar-refractivity contribution in [3.05, 3.63) is 23.3 Å². The predicted molar refractivity (Wildman–Crippen MR) is 284 cm³/mol. The van der Waals surface area contributed by atoms with Gasteiger partial charge in [0.25, 0.3) is 0 Å². The van der Waals surface area contributed by atoms with Gasteiger partial charge in [-0.1, -0.05) is 110 Å². The molecule has 1 N–H and O–H groups in total. The summed E-state index contributed by atoms with van der Waals surface area (Å²) in [5.74, 6) is 7.69. The Hall–Kier alpha value is -1.99. The minimum Gasteiger partial charge on any atom is -0.462 e. The Labute approximate surface area is 427 Å². The van der Waals surface area contributed by atoms with Crippen molar-refractivity contribution in [1.29, 1.82) is 0 Å². The summed E-state index contributed by atoms with van der Waals surface area (Å²) in [6.45, 7) is 22.1. The zero-order valence-corrected chi connectivity index (χ0v) is 46.1. The molecule has 0 heterocycles. The number of ether oxygens (including phenoxy) is 2. The fraction of sp³-hybridized carbons (Fsp3) is 0.889. The number of aliphatic hydroxyl groups excluding tert-OH is 1. The molecule has 0 aliphatic heterocycles. The van der Waals surface area contributed by atoms with Gasteiger partial charge in [0, 0.05) is 38.1 Å². The van der Waals surface area contributed by atoms with Crippen molar-refractivity contribution < 1.29 is 29.0 Å². The van der Waals surface area contributed by atoms with Crippen molar-refractivity contribution in [3.8, 4) is 0 Å². The number of hydrogen-bond donors (Lipinski definition) is 1. The van der Waals surface area contributed by atoms with Crippen LogP contribution in [0.3, 0.4) is 0 Å². The number of ketones is 1. The maximum Gasteiger partial charge on any atom is 0.306 e. The summed E-state index contributed by atoms with van der Waals surface area (Å²) >= 11 is 0. The fourth-order valence-electron chi connectivity index (χ4n) is 18.9. The minimum absolute atomic E-state index is 0.00644. The quantitative estimate of drug-likeness (QED) is 0.0619. The number of unbranched alkanes of at least 4 members (excludes halogenated alkanes) is 5. The van der Waals surface area contributed by atoms with E-state index in [0.29, 0.717) is 48.3 Å². The molecule has 15 unspecified atom stereocenters. The number of Topliss-reactive ketones (excluding diaryl/α,β-unsaturated/α-hetero) is 1. The van der Waals surface area contributed by atoms with E-state index in [1.807, 2.05) is 6.92 Å². The molecule has 6 saturated carbocycles. The molecule has 8 aliphatic rings. The van der Waals surface area contributed by atoms with E-state index in [9.17, 15) is 19.5 Å². The van der Waals surface area contributed by atoms with Gasteiger partial charge < -0.3 is 19.5 Å². The summed E-state index contributed by atoms with van der Waals surface area (Å²) < 4.78 is 12.3. The van der Waals surface area contributed by atoms with E-state index in [1.54, 1.807) is 5.57 Å². The number of fused-ring (bicyclic) bond motifs is 10. The molecule has 15 atom stereocenters. The van der Waals surface area contributed by atoms with Gasteiger partial charge in [0.05, 0.1) is 6.61 Å². The average Bonchev–Trinajstić information content (AvgIpc) is 3.87. The zero-order valence-electron chi connectivity index (χ0n) is 46.1. The lowest BCUT2D eigenvalue weighted by molar-refractivity contribution is -0.152. The highest BCUT2D eigenvalue weighted by Crippen LogP contribution is 2.69. The first-order valence-electron chi connectivity index (χ1n) is 30.1. The number of aliphatic hydroxyl groups is 1. The standard InChI is InChI=1S/C63H103NO6/c1-43(2)17-16-18-44(3)52-25-27-54-50-23-21-46-41-49(29-33-60(46,5)56(50)31-35-62(52,54)7)70-59(68)20-13-11-15-38-64(39-40-65)37-14-10-9-12-19-58(67)69-48-30-34-61(6)47(42-48)22-24-51-55-28-26-53(45(4)66)63(55,8)36-32-57(51)61/h21-22,43-44,48-57,65H,9-20,23-42H2,1-8H3. The van der Waals surface area contributed by atoms with E-state index in [2.05, 4.69) is 65.5 Å². The molecule has 7 heteroatoms. The first-order chi connectivity index (χ1) is 33.5. The number of carbonyl (C=O) groups is 3. The molecule has 8 aliphatic carbocycles. The molecule has 0 bridgehead atoms. The summed E-state index contributed by atoms with van der Waals surface area (Å²) in [7, 11) is 0. The van der Waals surface area contributed by atoms with E-state index in [0.717, 1.165) is 145 Å². The molecule has 0 aromatic rings. The van der Waals surface area contributed by atoms with Crippen LogP contribution in [0.4, 0.5) is 0 Å². The van der Waals surface area contributed by atoms with Gasteiger partial charge in [0.1, 0.15) is 18.0 Å². The van der Waals surface area contributed by atoms with Crippen LogP contribution in [0.15, 0.2) is 23.3 Å². The van der Waals surface area contributed by atoms with Crippen molar-refractivity contribution in [2.75, 3.05) is 26.2 Å². The van der Waals surface area contributed by atoms with Gasteiger partial charge in [-0.2, -0.15) is 0 Å². The van der Waals surface area contributed by atoms with Gasteiger partial charge in [-0.05, 0) is 211 Å². The van der Waals surface area contributed by atoms with E-state index in [1.165, 1.54) is 76.2 Å². The van der Waals surface area contributed by atoms with Crippen LogP contribution in [0.1, 0.15) is 235 Å². The van der Waals surface area contributed by atoms with Crippen LogP contribution in [-0.4, -0.2) is 66.2 Å². The summed E-state index contributed by atoms with van der Waals surface area (Å²) in [4.78, 5) is 41.1. The number of esters is 2. The number of rotatable bonds is 23. The van der Waals surface area contributed by atoms with Crippen LogP contribution in [0.2, 0.25) is 0 Å². The van der Waals surface area contributed by atoms with Crippen LogP contribution in [0.25, 0.3) is 0 Å². The largest absolute Gasteiger partial charge is 0.462 e. The molecule has 396 valence electrons. The third kappa shape index (κ3) is 11.5. The lowest BCUT2D eigenvalue weighted by Crippen LogP contribution is -2.51. The van der Waals surface area contributed by atoms with Gasteiger partial charge in [-0.3, -0.25) is 14.4 Å². The number of nitrogens with zero attached hydrogens (tertiary/aromatic N) is 1. The molecule has 0 spiro atoms. The molecule has 0 amide bonds. The maximum absolute atomic E-state index is 13.1. The first kappa shape index (κ1) is 54.3. The smallest absolute Gasteiger partial charge is 0.306 e. The highest BCUT2D eigenvalue weighted by molar-refractivity contribution is 5.79. The SMILES string of the molecule is CC(=O)C1CCC2C3CC=C4CC(OC(=O)CCCCCCN(CCO)CCCCCC(=O)OC5CCC6(C)C(=CCC7C6CCC6(C)C(C(C)CCCC(C)C)CCC76)C5)CCC4(C)C3CCC12C. The second-order valence-electron chi connectivity index (χ2n) is 27.1. The van der Waals surface area contributed by atoms with Crippen molar-refractivity contribution in [2.45, 2.75) is 247 Å². The topological polar surface area (TPSA) is 93.1 Å². The van der Waals surface area contributed by atoms with Crippen molar-refractivity contribution in [3.63, 3.8) is 0 Å². The van der Waals surface area contributed by atoms with Crippen LogP contribution >= 0.6 is 0 Å². The highest BCUT2D eigenvalue weighted by atomic mass is 16.5. The normalized spacial score (nSPS) is 39.1. The summed E-state index contributed by atoms with van der Waals surface area (Å²) in [6.07, 6.45) is 36.1. The molecule has 0 aromatic heterocycles. The molecule has 70 heavy (non-hydrogen) atoms. The van der Waals surface area contributed by atoms with E-state index in [-0.39, 0.29) is 52.9 Å². The zero-order chi connectivity index (χ0) is 49.8. The third-order valence-corrected chi connectivity index (χ3v) is 22.8. The van der Waals surface area contributed by atoms with Gasteiger partial charge in [-0.25, -0.2) is 0 Å². The Morgan fingerprint density at radius 1 is 0.600 bits per heavy atom. The Kier molecular flexibility index (Phi) is 18.0. The van der Waals surface area contributed by atoms with E-state index < -0.39 is 0 Å². The van der Waals surface area contributed by atoms with Gasteiger partial charge in [-0.15, -0.1) is 0 Å². The second kappa shape index (κ2) is 23.3. The molecule has 0 aromatic carbocycles. The van der Waals surface area contributed by atoms with E-state index >= 15 is 0 Å². The number of allylic oxidation sites excluding steroid dienone is 2. The van der Waals surface area contributed by atoms with Crippen LogP contribution in [-0.2, 0) is 23.9 Å². The van der Waals surface area contributed by atoms with Gasteiger partial charge in [0.15, 0.2) is 0 Å². The molecule has 0 saturated heterocycles. The van der Waals surface area contributed by atoms with Gasteiger partial charge in [0.2, 0.25) is 0 Å². The predicted octanol–water partition coefficient (Wildman–Crippen LogP) is 14.8. The number of carbonyl (C=O) groups excluding carboxylic acids is 3. The van der Waals surface area contributed by atoms with Crippen molar-refractivity contribution in [2.24, 2.45) is 80.8 Å². The lowest BCUT2D eigenvalue weighted by Gasteiger charge is -2.58. The Balaban J connectivity index is 0.674. The summed E-state index contributed by atoms with van der Waals surface area (Å²) in [6, 6.07) is 0. The maximum atomic E-state index is 13.1. The molecule has 6 fully saturated rings. The molecular weight excluding hydrogens is 867 g/mol. The van der Waals surface area contributed by atoms with E-state index in [4.69, 9.17) is 9.47 Å². The Bertz CT molecular complexity index is 1850. The monoisotopic (exact) mass is 970 g/mol. The summed E-state index contributed by atoms with van der Waals surface area (Å²) in [5, 5.41) is 9.78. The molecule has 8 rings (SSSR count). The van der Waals surface area contributed by atoms with Gasteiger partial charge >= 0.3 is 11.9 Å². The Morgan fingerprint density at radius 2 is 1.11 bits per heavy atom. The third-order valence-electron chi connectivity index (χ3n) is 22.8. The molecular formula is C63H103NO6. The second-order valence-corrected chi connectivity index (χ2v) is 27.1. The average molecular weight is 971 g/mol. The van der Waals surface area contributed by atoms with Crippen LogP contribution < -0.4 is 0 Å². The molecule has 7 nitrogen and oxygen atoms in total. The summed E-state index contributed by atoms with van der Waals surface area (Å²) in [5.41, 5.74) is 4.32. The fourth-order valence-corrected chi connectivity index (χ4v) is 18.9. The Morgan fingerprint density at radius 3 is 1.66 bits per heavy atom. The molecule has 0 radical (unpaired) electrons. The van der Waals surface area contributed by atoms with Crippen molar-refractivity contribution >= 4 is 17.7 Å². The van der Waals surface area contributed by atoms with Crippen LogP contribution in [0, 0.1) is 80.8 Å².